The molecule has 2 amide bonds. The zero-order chi connectivity index (χ0) is 18.2. The van der Waals surface area contributed by atoms with Crippen LogP contribution in [-0.2, 0) is 22.4 Å². The number of carbonyl (C=O) groups excluding carboxylic acids is 2. The normalized spacial score (nSPS) is 22.6. The molecule has 1 saturated heterocycles. The van der Waals surface area contributed by atoms with Crippen LogP contribution in [0.5, 0.6) is 0 Å². The van der Waals surface area contributed by atoms with Crippen LogP contribution in [0.1, 0.15) is 44.7 Å². The molecule has 1 aliphatic carbocycles. The number of anilines is 1. The molecule has 6 heteroatoms. The minimum atomic E-state index is -0.606. The first-order chi connectivity index (χ1) is 11.7. The third-order valence-electron chi connectivity index (χ3n) is 4.63. The quantitative estimate of drug-likeness (QED) is 0.862. The van der Waals surface area contributed by atoms with Gasteiger partial charge in [0.1, 0.15) is 11.6 Å². The smallest absolute Gasteiger partial charge is 0.411 e. The summed E-state index contributed by atoms with van der Waals surface area (Å²) < 4.78 is 5.41. The van der Waals surface area contributed by atoms with E-state index in [2.05, 4.69) is 11.4 Å². The molecule has 1 heterocycles. The zero-order valence-corrected chi connectivity index (χ0v) is 15.2. The summed E-state index contributed by atoms with van der Waals surface area (Å²) in [7, 11) is 0. The summed E-state index contributed by atoms with van der Waals surface area (Å²) in [4.78, 5) is 26.6. The Kier molecular flexibility index (Phi) is 4.73. The minimum Gasteiger partial charge on any atom is -0.444 e. The Morgan fingerprint density at radius 3 is 2.68 bits per heavy atom. The van der Waals surface area contributed by atoms with Gasteiger partial charge in [0.25, 0.3) is 0 Å². The molecule has 25 heavy (non-hydrogen) atoms. The number of hydrogen-bond donors (Lipinski definition) is 2. The van der Waals surface area contributed by atoms with Gasteiger partial charge in [-0.3, -0.25) is 9.69 Å². The van der Waals surface area contributed by atoms with Crippen molar-refractivity contribution in [2.24, 2.45) is 5.73 Å². The number of fused-ring (bicyclic) bond motifs is 1. The van der Waals surface area contributed by atoms with E-state index in [0.717, 1.165) is 24.9 Å². The second-order valence-corrected chi connectivity index (χ2v) is 7.97. The second-order valence-electron chi connectivity index (χ2n) is 7.97. The average molecular weight is 345 g/mol. The molecule has 0 radical (unpaired) electrons. The summed E-state index contributed by atoms with van der Waals surface area (Å²) in [6.45, 7) is 5.75. The maximum atomic E-state index is 12.7. The van der Waals surface area contributed by atoms with Crippen LogP contribution in [0.15, 0.2) is 18.2 Å². The lowest BCUT2D eigenvalue weighted by molar-refractivity contribution is -0.120. The maximum Gasteiger partial charge on any atom is 0.411 e. The van der Waals surface area contributed by atoms with E-state index in [1.54, 1.807) is 20.8 Å². The molecule has 0 bridgehead atoms. The molecule has 2 atom stereocenters. The third kappa shape index (κ3) is 4.12. The number of likely N-dealkylation sites (tertiary alicyclic amines) is 1. The molecule has 0 saturated carbocycles. The Balaban J connectivity index is 1.70. The average Bonchev–Trinajstić information content (AvgIpc) is 3.11. The van der Waals surface area contributed by atoms with Gasteiger partial charge >= 0.3 is 6.09 Å². The molecule has 6 nitrogen and oxygen atoms in total. The van der Waals surface area contributed by atoms with Crippen LogP contribution in [0.25, 0.3) is 0 Å². The van der Waals surface area contributed by atoms with Gasteiger partial charge in [0.05, 0.1) is 0 Å². The molecule has 1 fully saturated rings. The van der Waals surface area contributed by atoms with Crippen LogP contribution in [0, 0.1) is 0 Å². The molecule has 1 aromatic rings. The lowest BCUT2D eigenvalue weighted by atomic mass is 10.1. The molecule has 0 aromatic heterocycles. The van der Waals surface area contributed by atoms with Gasteiger partial charge in [0.15, 0.2) is 0 Å². The lowest BCUT2D eigenvalue weighted by Gasteiger charge is -2.28. The summed E-state index contributed by atoms with van der Waals surface area (Å²) in [6.07, 6.45) is 3.27. The van der Waals surface area contributed by atoms with E-state index < -0.39 is 17.7 Å². The third-order valence-corrected chi connectivity index (χ3v) is 4.63. The molecule has 136 valence electrons. The lowest BCUT2D eigenvalue weighted by Crippen LogP contribution is -2.45. The van der Waals surface area contributed by atoms with Gasteiger partial charge in [-0.1, -0.05) is 6.07 Å². The van der Waals surface area contributed by atoms with Gasteiger partial charge in [-0.05, 0) is 69.7 Å². The number of amides is 2. The van der Waals surface area contributed by atoms with Gasteiger partial charge in [-0.2, -0.15) is 0 Å². The Bertz CT molecular complexity index is 681. The molecule has 2 aliphatic rings. The summed E-state index contributed by atoms with van der Waals surface area (Å²) in [6, 6.07) is 5.22. The Labute approximate surface area is 148 Å². The summed E-state index contributed by atoms with van der Waals surface area (Å²) in [5, 5.41) is 2.94. The zero-order valence-electron chi connectivity index (χ0n) is 15.2. The molecule has 3 rings (SSSR count). The first-order valence-corrected chi connectivity index (χ1v) is 8.91. The van der Waals surface area contributed by atoms with E-state index in [9.17, 15) is 9.59 Å². The summed E-state index contributed by atoms with van der Waals surface area (Å²) in [5.74, 6) is -0.211. The number of nitrogens with two attached hydrogens (primary N) is 1. The van der Waals surface area contributed by atoms with Crippen LogP contribution in [0.4, 0.5) is 10.5 Å². The van der Waals surface area contributed by atoms with E-state index in [0.29, 0.717) is 13.0 Å². The monoisotopic (exact) mass is 345 g/mol. The highest BCUT2D eigenvalue weighted by Gasteiger charge is 2.40. The first-order valence-electron chi connectivity index (χ1n) is 8.91. The van der Waals surface area contributed by atoms with Crippen LogP contribution in [0.2, 0.25) is 0 Å². The highest BCUT2D eigenvalue weighted by Crippen LogP contribution is 2.26. The van der Waals surface area contributed by atoms with Crippen molar-refractivity contribution < 1.29 is 14.3 Å². The van der Waals surface area contributed by atoms with Crippen molar-refractivity contribution in [1.29, 1.82) is 0 Å². The van der Waals surface area contributed by atoms with Gasteiger partial charge in [-0.15, -0.1) is 0 Å². The fourth-order valence-corrected chi connectivity index (χ4v) is 3.51. The van der Waals surface area contributed by atoms with Crippen LogP contribution < -0.4 is 11.1 Å². The van der Waals surface area contributed by atoms with Crippen molar-refractivity contribution in [3.8, 4) is 0 Å². The van der Waals surface area contributed by atoms with Gasteiger partial charge in [0.2, 0.25) is 5.91 Å². The SMILES string of the molecule is CC(C)(C)OC(=O)N1C[C@@H](N)C[C@H]1C(=O)Nc1ccc2c(c1)CCC2. The van der Waals surface area contributed by atoms with Gasteiger partial charge < -0.3 is 15.8 Å². The Hall–Kier alpha value is -2.08. The van der Waals surface area contributed by atoms with Gasteiger partial charge in [0, 0.05) is 18.3 Å². The number of carbonyl (C=O) groups is 2. The number of ether oxygens (including phenoxy) is 1. The number of aryl methyl sites for hydroxylation is 2. The van der Waals surface area contributed by atoms with Crippen molar-refractivity contribution in [2.45, 2.75) is 64.1 Å². The molecule has 1 aliphatic heterocycles. The van der Waals surface area contributed by atoms with Crippen LogP contribution in [-0.4, -0.2) is 41.1 Å². The van der Waals surface area contributed by atoms with Crippen LogP contribution >= 0.6 is 0 Å². The van der Waals surface area contributed by atoms with Crippen molar-refractivity contribution in [3.05, 3.63) is 29.3 Å². The summed E-state index contributed by atoms with van der Waals surface area (Å²) >= 11 is 0. The first kappa shape index (κ1) is 17.7. The van der Waals surface area contributed by atoms with Crippen molar-refractivity contribution in [1.82, 2.24) is 4.90 Å². The minimum absolute atomic E-state index is 0.211. The number of benzene rings is 1. The molecular weight excluding hydrogens is 318 g/mol. The highest BCUT2D eigenvalue weighted by atomic mass is 16.6. The van der Waals surface area contributed by atoms with E-state index in [-0.39, 0.29) is 11.9 Å². The molecule has 0 spiro atoms. The largest absolute Gasteiger partial charge is 0.444 e. The van der Waals surface area contributed by atoms with Crippen molar-refractivity contribution in [2.75, 3.05) is 11.9 Å². The van der Waals surface area contributed by atoms with E-state index >= 15 is 0 Å². The highest BCUT2D eigenvalue weighted by molar-refractivity contribution is 5.97. The van der Waals surface area contributed by atoms with E-state index in [1.807, 2.05) is 12.1 Å². The summed E-state index contributed by atoms with van der Waals surface area (Å²) in [5.41, 5.74) is 8.81. The molecule has 0 unspecified atom stereocenters. The van der Waals surface area contributed by atoms with Crippen molar-refractivity contribution in [3.63, 3.8) is 0 Å². The number of hydrogen-bond acceptors (Lipinski definition) is 4. The topological polar surface area (TPSA) is 84.7 Å². The van der Waals surface area contributed by atoms with E-state index in [4.69, 9.17) is 10.5 Å². The number of nitrogens with one attached hydrogen (secondary N) is 1. The Morgan fingerprint density at radius 1 is 1.24 bits per heavy atom. The fourth-order valence-electron chi connectivity index (χ4n) is 3.51. The number of rotatable bonds is 2. The molecule has 1 aromatic carbocycles. The second kappa shape index (κ2) is 6.67. The van der Waals surface area contributed by atoms with E-state index in [1.165, 1.54) is 16.0 Å². The standard InChI is InChI=1S/C19H27N3O3/c1-19(2,3)25-18(24)22-11-14(20)10-16(22)17(23)21-15-8-7-12-5-4-6-13(12)9-15/h7-9,14,16H,4-6,10-11,20H2,1-3H3,(H,21,23)/t14-,16-/m0/s1. The number of nitrogens with zero attached hydrogens (tertiary/aromatic N) is 1. The maximum absolute atomic E-state index is 12.7. The predicted molar refractivity (Wildman–Crippen MR) is 96.4 cm³/mol. The van der Waals surface area contributed by atoms with Gasteiger partial charge in [-0.25, -0.2) is 4.79 Å². The molecular formula is C19H27N3O3. The predicted octanol–water partition coefficient (Wildman–Crippen LogP) is 2.45. The van der Waals surface area contributed by atoms with Crippen molar-refractivity contribution >= 4 is 17.7 Å². The van der Waals surface area contributed by atoms with Crippen LogP contribution in [0.3, 0.4) is 0 Å². The fraction of sp³-hybridized carbons (Fsp3) is 0.579. The Morgan fingerprint density at radius 2 is 1.96 bits per heavy atom. The molecule has 3 N–H and O–H groups in total.